The fraction of sp³-hybridized carbons (Fsp3) is 0.500. The number of anilines is 1. The average molecular weight is 256 g/mol. The van der Waals surface area contributed by atoms with Gasteiger partial charge in [0.05, 0.1) is 4.90 Å². The Labute approximate surface area is 103 Å². The summed E-state index contributed by atoms with van der Waals surface area (Å²) in [6, 6.07) is 4.78. The predicted octanol–water partition coefficient (Wildman–Crippen LogP) is 1.90. The summed E-state index contributed by atoms with van der Waals surface area (Å²) in [5.74, 6) is 0.473. The Bertz CT molecular complexity index is 481. The SMILES string of the molecule is Cc1ccc(S(=O)(=O)NCCC(C)C)cc1N. The van der Waals surface area contributed by atoms with Crippen LogP contribution in [0.1, 0.15) is 25.8 Å². The highest BCUT2D eigenvalue weighted by molar-refractivity contribution is 7.89. The smallest absolute Gasteiger partial charge is 0.240 e. The fourth-order valence-corrected chi connectivity index (χ4v) is 2.43. The van der Waals surface area contributed by atoms with Gasteiger partial charge in [0, 0.05) is 12.2 Å². The van der Waals surface area contributed by atoms with Crippen molar-refractivity contribution in [1.82, 2.24) is 4.72 Å². The van der Waals surface area contributed by atoms with Gasteiger partial charge in [-0.3, -0.25) is 0 Å². The van der Waals surface area contributed by atoms with Gasteiger partial charge in [-0.05, 0) is 37.0 Å². The standard InChI is InChI=1S/C12H20N2O2S/c1-9(2)6-7-14-17(15,16)11-5-4-10(3)12(13)8-11/h4-5,8-9,14H,6-7,13H2,1-3H3. The molecule has 3 N–H and O–H groups in total. The number of benzene rings is 1. The van der Waals surface area contributed by atoms with Crippen molar-refractivity contribution in [3.63, 3.8) is 0 Å². The molecule has 1 aromatic rings. The van der Waals surface area contributed by atoms with Gasteiger partial charge in [0.2, 0.25) is 10.0 Å². The Morgan fingerprint density at radius 3 is 2.53 bits per heavy atom. The lowest BCUT2D eigenvalue weighted by Gasteiger charge is -2.09. The number of aryl methyl sites for hydroxylation is 1. The number of rotatable bonds is 5. The molecule has 0 aliphatic heterocycles. The first kappa shape index (κ1) is 14.0. The van der Waals surface area contributed by atoms with Crippen molar-refractivity contribution < 1.29 is 8.42 Å². The summed E-state index contributed by atoms with van der Waals surface area (Å²) in [6.45, 7) is 6.40. The first-order valence-corrected chi connectivity index (χ1v) is 7.17. The van der Waals surface area contributed by atoms with Gasteiger partial charge in [-0.2, -0.15) is 0 Å². The Morgan fingerprint density at radius 1 is 1.35 bits per heavy atom. The van der Waals surface area contributed by atoms with E-state index < -0.39 is 10.0 Å². The van der Waals surface area contributed by atoms with Gasteiger partial charge in [0.15, 0.2) is 0 Å². The second kappa shape index (κ2) is 5.51. The van der Waals surface area contributed by atoms with Crippen LogP contribution in [0.15, 0.2) is 23.1 Å². The van der Waals surface area contributed by atoms with Crippen molar-refractivity contribution in [2.24, 2.45) is 5.92 Å². The average Bonchev–Trinajstić information content (AvgIpc) is 2.21. The van der Waals surface area contributed by atoms with E-state index in [1.165, 1.54) is 6.07 Å². The molecule has 0 atom stereocenters. The summed E-state index contributed by atoms with van der Waals surface area (Å²) in [5.41, 5.74) is 7.08. The fourth-order valence-electron chi connectivity index (χ4n) is 1.35. The lowest BCUT2D eigenvalue weighted by Crippen LogP contribution is -2.25. The molecular formula is C12H20N2O2S. The van der Waals surface area contributed by atoms with Crippen LogP contribution in [-0.4, -0.2) is 15.0 Å². The highest BCUT2D eigenvalue weighted by atomic mass is 32.2. The second-order valence-corrected chi connectivity index (χ2v) is 6.37. The largest absolute Gasteiger partial charge is 0.398 e. The number of hydrogen-bond acceptors (Lipinski definition) is 3. The minimum Gasteiger partial charge on any atom is -0.398 e. The Balaban J connectivity index is 2.79. The van der Waals surface area contributed by atoms with Gasteiger partial charge < -0.3 is 5.73 Å². The molecule has 96 valence electrons. The van der Waals surface area contributed by atoms with Crippen LogP contribution in [0, 0.1) is 12.8 Å². The number of nitrogens with one attached hydrogen (secondary N) is 1. The molecule has 0 aliphatic carbocycles. The lowest BCUT2D eigenvalue weighted by molar-refractivity contribution is 0.551. The molecular weight excluding hydrogens is 236 g/mol. The lowest BCUT2D eigenvalue weighted by atomic mass is 10.1. The van der Waals surface area contributed by atoms with Crippen molar-refractivity contribution in [1.29, 1.82) is 0 Å². The van der Waals surface area contributed by atoms with Crippen LogP contribution in [0.3, 0.4) is 0 Å². The van der Waals surface area contributed by atoms with Crippen molar-refractivity contribution in [2.75, 3.05) is 12.3 Å². The van der Waals surface area contributed by atoms with E-state index in [9.17, 15) is 8.42 Å². The molecule has 5 heteroatoms. The van der Waals surface area contributed by atoms with E-state index in [1.54, 1.807) is 12.1 Å². The maximum Gasteiger partial charge on any atom is 0.240 e. The first-order valence-electron chi connectivity index (χ1n) is 5.68. The van der Waals surface area contributed by atoms with Gasteiger partial charge in [0.25, 0.3) is 0 Å². The zero-order chi connectivity index (χ0) is 13.1. The molecule has 0 bridgehead atoms. The molecule has 0 radical (unpaired) electrons. The van der Waals surface area contributed by atoms with Crippen molar-refractivity contribution >= 4 is 15.7 Å². The highest BCUT2D eigenvalue weighted by Crippen LogP contribution is 2.17. The Hall–Kier alpha value is -1.07. The van der Waals surface area contributed by atoms with Crippen LogP contribution in [0.4, 0.5) is 5.69 Å². The normalized spacial score (nSPS) is 12.0. The maximum atomic E-state index is 11.9. The number of nitrogens with two attached hydrogens (primary N) is 1. The monoisotopic (exact) mass is 256 g/mol. The van der Waals surface area contributed by atoms with Gasteiger partial charge in [-0.15, -0.1) is 0 Å². The minimum absolute atomic E-state index is 0.226. The van der Waals surface area contributed by atoms with E-state index in [2.05, 4.69) is 18.6 Å². The van der Waals surface area contributed by atoms with Crippen molar-refractivity contribution in [2.45, 2.75) is 32.1 Å². The van der Waals surface area contributed by atoms with E-state index >= 15 is 0 Å². The molecule has 0 aliphatic rings. The third-order valence-electron chi connectivity index (χ3n) is 2.57. The Kier molecular flexibility index (Phi) is 4.54. The molecule has 0 aromatic heterocycles. The number of hydrogen-bond donors (Lipinski definition) is 2. The maximum absolute atomic E-state index is 11.9. The van der Waals surface area contributed by atoms with E-state index in [1.807, 2.05) is 6.92 Å². The molecule has 0 spiro atoms. The van der Waals surface area contributed by atoms with Crippen LogP contribution in [0.25, 0.3) is 0 Å². The van der Waals surface area contributed by atoms with E-state index in [0.717, 1.165) is 12.0 Å². The molecule has 0 fully saturated rings. The Morgan fingerprint density at radius 2 is 2.00 bits per heavy atom. The molecule has 1 rings (SSSR count). The summed E-state index contributed by atoms with van der Waals surface area (Å²) in [6.07, 6.45) is 0.820. The van der Waals surface area contributed by atoms with Gasteiger partial charge in [0.1, 0.15) is 0 Å². The van der Waals surface area contributed by atoms with Crippen LogP contribution in [0.5, 0.6) is 0 Å². The molecule has 17 heavy (non-hydrogen) atoms. The molecule has 0 unspecified atom stereocenters. The van der Waals surface area contributed by atoms with E-state index in [4.69, 9.17) is 5.73 Å². The number of sulfonamides is 1. The van der Waals surface area contributed by atoms with Crippen molar-refractivity contribution in [3.8, 4) is 0 Å². The predicted molar refractivity (Wildman–Crippen MR) is 70.2 cm³/mol. The molecule has 0 heterocycles. The zero-order valence-corrected chi connectivity index (χ0v) is 11.3. The molecule has 0 amide bonds. The van der Waals surface area contributed by atoms with Crippen LogP contribution in [0.2, 0.25) is 0 Å². The van der Waals surface area contributed by atoms with Gasteiger partial charge in [-0.25, -0.2) is 13.1 Å². The van der Waals surface area contributed by atoms with Crippen LogP contribution >= 0.6 is 0 Å². The summed E-state index contributed by atoms with van der Waals surface area (Å²) in [7, 11) is -3.43. The van der Waals surface area contributed by atoms with E-state index in [-0.39, 0.29) is 4.90 Å². The molecule has 0 saturated carbocycles. The van der Waals surface area contributed by atoms with Crippen molar-refractivity contribution in [3.05, 3.63) is 23.8 Å². The van der Waals surface area contributed by atoms with Gasteiger partial charge in [-0.1, -0.05) is 19.9 Å². The molecule has 4 nitrogen and oxygen atoms in total. The summed E-state index contributed by atoms with van der Waals surface area (Å²) < 4.78 is 26.4. The molecule has 1 aromatic carbocycles. The topological polar surface area (TPSA) is 72.2 Å². The third-order valence-corrected chi connectivity index (χ3v) is 4.03. The highest BCUT2D eigenvalue weighted by Gasteiger charge is 2.14. The zero-order valence-electron chi connectivity index (χ0n) is 10.5. The quantitative estimate of drug-likeness (QED) is 0.790. The summed E-state index contributed by atoms with van der Waals surface area (Å²) in [5, 5.41) is 0. The van der Waals surface area contributed by atoms with Crippen LogP contribution in [-0.2, 0) is 10.0 Å². The van der Waals surface area contributed by atoms with Gasteiger partial charge >= 0.3 is 0 Å². The third kappa shape index (κ3) is 4.02. The summed E-state index contributed by atoms with van der Waals surface area (Å²) >= 11 is 0. The second-order valence-electron chi connectivity index (χ2n) is 4.60. The van der Waals surface area contributed by atoms with Crippen LogP contribution < -0.4 is 10.5 Å². The number of nitrogen functional groups attached to an aromatic ring is 1. The van der Waals surface area contributed by atoms with E-state index in [0.29, 0.717) is 18.2 Å². The molecule has 0 saturated heterocycles. The minimum atomic E-state index is -3.43. The first-order chi connectivity index (χ1) is 7.83. The summed E-state index contributed by atoms with van der Waals surface area (Å²) in [4.78, 5) is 0.226.